The van der Waals surface area contributed by atoms with Gasteiger partial charge in [0.1, 0.15) is 18.4 Å². The van der Waals surface area contributed by atoms with Gasteiger partial charge in [-0.3, -0.25) is 9.69 Å². The van der Waals surface area contributed by atoms with Crippen LogP contribution in [0.15, 0.2) is 24.3 Å². The lowest BCUT2D eigenvalue weighted by Crippen LogP contribution is -2.34. The number of fused-ring (bicyclic) bond motifs is 1. The Balaban J connectivity index is 1.25. The molecule has 1 N–H and O–H groups in total. The lowest BCUT2D eigenvalue weighted by atomic mass is 10.2. The van der Waals surface area contributed by atoms with Gasteiger partial charge in [0.25, 0.3) is 5.91 Å². The van der Waals surface area contributed by atoms with Crippen molar-refractivity contribution in [2.45, 2.75) is 45.1 Å². The van der Waals surface area contributed by atoms with Gasteiger partial charge in [-0.15, -0.1) is 0 Å². The third-order valence-electron chi connectivity index (χ3n) is 5.12. The van der Waals surface area contributed by atoms with Crippen LogP contribution in [0.3, 0.4) is 0 Å². The number of carbonyl (C=O) groups is 2. The fourth-order valence-corrected chi connectivity index (χ4v) is 3.63. The van der Waals surface area contributed by atoms with E-state index in [0.29, 0.717) is 13.2 Å². The van der Waals surface area contributed by atoms with Crippen LogP contribution < -0.4 is 10.1 Å². The zero-order valence-corrected chi connectivity index (χ0v) is 15.6. The molecule has 1 aromatic rings. The molecule has 3 rings (SSSR count). The van der Waals surface area contributed by atoms with Crippen LogP contribution in [0.2, 0.25) is 0 Å². The first-order valence-corrected chi connectivity index (χ1v) is 9.75. The van der Waals surface area contributed by atoms with E-state index in [4.69, 9.17) is 4.74 Å². The van der Waals surface area contributed by atoms with E-state index in [9.17, 15) is 9.59 Å². The van der Waals surface area contributed by atoms with Crippen LogP contribution in [0.1, 0.15) is 38.2 Å². The van der Waals surface area contributed by atoms with E-state index in [1.54, 1.807) is 4.90 Å². The smallest absolute Gasteiger partial charge is 0.327 e. The number of urea groups is 1. The van der Waals surface area contributed by atoms with Gasteiger partial charge in [-0.05, 0) is 56.3 Å². The average Bonchev–Trinajstić information content (AvgIpc) is 3.23. The molecule has 1 unspecified atom stereocenters. The van der Waals surface area contributed by atoms with Crippen molar-refractivity contribution >= 4 is 11.9 Å². The van der Waals surface area contributed by atoms with Crippen molar-refractivity contribution in [3.63, 3.8) is 0 Å². The molecule has 1 aromatic carbocycles. The summed E-state index contributed by atoms with van der Waals surface area (Å²) < 4.78 is 5.74. The lowest BCUT2D eigenvalue weighted by Gasteiger charge is -2.15. The van der Waals surface area contributed by atoms with Gasteiger partial charge >= 0.3 is 6.03 Å². The van der Waals surface area contributed by atoms with E-state index in [2.05, 4.69) is 24.4 Å². The van der Waals surface area contributed by atoms with Crippen molar-refractivity contribution in [3.05, 3.63) is 29.8 Å². The summed E-state index contributed by atoms with van der Waals surface area (Å²) in [5.41, 5.74) is 1.28. The number of imide groups is 1. The third kappa shape index (κ3) is 4.36. The molecule has 6 nitrogen and oxygen atoms in total. The predicted octanol–water partition coefficient (Wildman–Crippen LogP) is 2.42. The van der Waals surface area contributed by atoms with Crippen LogP contribution in [0, 0.1) is 0 Å². The number of benzene rings is 1. The molecule has 0 radical (unpaired) electrons. The van der Waals surface area contributed by atoms with Crippen molar-refractivity contribution in [1.29, 1.82) is 0 Å². The molecule has 0 bridgehead atoms. The minimum Gasteiger partial charge on any atom is -0.492 e. The Labute approximate surface area is 155 Å². The first-order valence-electron chi connectivity index (χ1n) is 9.75. The van der Waals surface area contributed by atoms with E-state index >= 15 is 0 Å². The Kier molecular flexibility index (Phi) is 6.50. The van der Waals surface area contributed by atoms with E-state index < -0.39 is 0 Å². The van der Waals surface area contributed by atoms with E-state index in [-0.39, 0.29) is 18.0 Å². The maximum absolute atomic E-state index is 12.2. The number of amides is 3. The zero-order valence-electron chi connectivity index (χ0n) is 15.6. The largest absolute Gasteiger partial charge is 0.492 e. The van der Waals surface area contributed by atoms with Gasteiger partial charge in [0.05, 0.1) is 0 Å². The van der Waals surface area contributed by atoms with Gasteiger partial charge in [-0.25, -0.2) is 4.79 Å². The molecule has 2 aliphatic heterocycles. The SMILES string of the molecule is CCc1cccc(OCCNCCCCN2C(=O)C3CCCN3C2=O)c1. The van der Waals surface area contributed by atoms with Crippen molar-refractivity contribution in [1.82, 2.24) is 15.1 Å². The third-order valence-corrected chi connectivity index (χ3v) is 5.12. The molecule has 2 saturated heterocycles. The summed E-state index contributed by atoms with van der Waals surface area (Å²) in [6.45, 7) is 5.68. The topological polar surface area (TPSA) is 61.9 Å². The molecule has 0 aromatic heterocycles. The Hall–Kier alpha value is -2.08. The second kappa shape index (κ2) is 9.03. The van der Waals surface area contributed by atoms with Gasteiger partial charge < -0.3 is 15.0 Å². The number of hydrogen-bond acceptors (Lipinski definition) is 4. The first-order chi connectivity index (χ1) is 12.7. The van der Waals surface area contributed by atoms with Crippen molar-refractivity contribution in [2.24, 2.45) is 0 Å². The molecule has 0 aliphatic carbocycles. The maximum atomic E-state index is 12.2. The van der Waals surface area contributed by atoms with Crippen LogP contribution >= 0.6 is 0 Å². The van der Waals surface area contributed by atoms with Gasteiger partial charge in [-0.1, -0.05) is 19.1 Å². The molecular formula is C20H29N3O3. The normalized spacial score (nSPS) is 19.3. The Morgan fingerprint density at radius 2 is 2.12 bits per heavy atom. The molecule has 6 heteroatoms. The van der Waals surface area contributed by atoms with Crippen LogP contribution in [-0.2, 0) is 11.2 Å². The molecule has 2 aliphatic rings. The number of rotatable bonds is 10. The van der Waals surface area contributed by atoms with E-state index in [0.717, 1.165) is 57.5 Å². The number of unbranched alkanes of at least 4 members (excludes halogenated alkanes) is 1. The summed E-state index contributed by atoms with van der Waals surface area (Å²) in [4.78, 5) is 27.6. The first kappa shape index (κ1) is 18.7. The molecule has 142 valence electrons. The fraction of sp³-hybridized carbons (Fsp3) is 0.600. The highest BCUT2D eigenvalue weighted by molar-refractivity contribution is 6.04. The number of carbonyl (C=O) groups excluding carboxylic acids is 2. The van der Waals surface area contributed by atoms with Crippen molar-refractivity contribution in [3.8, 4) is 5.75 Å². The van der Waals surface area contributed by atoms with Crippen LogP contribution in [-0.4, -0.2) is 60.6 Å². The van der Waals surface area contributed by atoms with Crippen molar-refractivity contribution < 1.29 is 14.3 Å². The quantitative estimate of drug-likeness (QED) is 0.515. The van der Waals surface area contributed by atoms with Gasteiger partial charge in [0.2, 0.25) is 0 Å². The Morgan fingerprint density at radius 1 is 1.23 bits per heavy atom. The maximum Gasteiger partial charge on any atom is 0.327 e. The second-order valence-electron chi connectivity index (χ2n) is 6.93. The molecule has 2 heterocycles. The fourth-order valence-electron chi connectivity index (χ4n) is 3.63. The summed E-state index contributed by atoms with van der Waals surface area (Å²) in [6, 6.07) is 7.92. The van der Waals surface area contributed by atoms with E-state index in [1.165, 1.54) is 10.5 Å². The Morgan fingerprint density at radius 3 is 2.92 bits per heavy atom. The molecule has 26 heavy (non-hydrogen) atoms. The van der Waals surface area contributed by atoms with Crippen LogP contribution in [0.4, 0.5) is 4.79 Å². The highest BCUT2D eigenvalue weighted by Gasteiger charge is 2.46. The number of aryl methyl sites for hydroxylation is 1. The minimum atomic E-state index is -0.177. The lowest BCUT2D eigenvalue weighted by molar-refractivity contribution is -0.128. The summed E-state index contributed by atoms with van der Waals surface area (Å²) >= 11 is 0. The van der Waals surface area contributed by atoms with Crippen LogP contribution in [0.25, 0.3) is 0 Å². The van der Waals surface area contributed by atoms with Crippen molar-refractivity contribution in [2.75, 3.05) is 32.8 Å². The summed E-state index contributed by atoms with van der Waals surface area (Å²) in [6.07, 6.45) is 4.56. The summed E-state index contributed by atoms with van der Waals surface area (Å²) in [5.74, 6) is 0.918. The average molecular weight is 359 g/mol. The van der Waals surface area contributed by atoms with Crippen LogP contribution in [0.5, 0.6) is 5.75 Å². The number of nitrogens with zero attached hydrogens (tertiary/aromatic N) is 2. The second-order valence-corrected chi connectivity index (χ2v) is 6.93. The number of hydrogen-bond donors (Lipinski definition) is 1. The zero-order chi connectivity index (χ0) is 18.4. The molecule has 0 saturated carbocycles. The molecule has 0 spiro atoms. The standard InChI is InChI=1S/C20H29N3O3/c1-2-16-7-5-8-17(15-16)26-14-11-21-10-3-4-12-23-19(24)18-9-6-13-22(18)20(23)25/h5,7-8,15,18,21H,2-4,6,9-14H2,1H3. The van der Waals surface area contributed by atoms with E-state index in [1.807, 2.05) is 12.1 Å². The monoisotopic (exact) mass is 359 g/mol. The van der Waals surface area contributed by atoms with Gasteiger partial charge in [-0.2, -0.15) is 0 Å². The number of ether oxygens (including phenoxy) is 1. The molecule has 3 amide bonds. The highest BCUT2D eigenvalue weighted by Crippen LogP contribution is 2.27. The van der Waals surface area contributed by atoms with Gasteiger partial charge in [0, 0.05) is 19.6 Å². The highest BCUT2D eigenvalue weighted by atomic mass is 16.5. The molecule has 1 atom stereocenters. The van der Waals surface area contributed by atoms with Gasteiger partial charge in [0.15, 0.2) is 0 Å². The Bertz CT molecular complexity index is 612. The predicted molar refractivity (Wildman–Crippen MR) is 100 cm³/mol. The summed E-state index contributed by atoms with van der Waals surface area (Å²) in [7, 11) is 0. The minimum absolute atomic E-state index is 0.00293. The molecular weight excluding hydrogens is 330 g/mol. The number of nitrogens with one attached hydrogen (secondary N) is 1. The summed E-state index contributed by atoms with van der Waals surface area (Å²) in [5, 5.41) is 3.35. The molecule has 2 fully saturated rings.